The van der Waals surface area contributed by atoms with Crippen molar-refractivity contribution in [1.82, 2.24) is 29.8 Å². The summed E-state index contributed by atoms with van der Waals surface area (Å²) < 4.78 is 3.56. The highest BCUT2D eigenvalue weighted by atomic mass is 16.1. The Bertz CT molecular complexity index is 1040. The Hall–Kier alpha value is -3.55. The first-order valence-electron chi connectivity index (χ1n) is 8.36. The molecule has 0 bridgehead atoms. The zero-order chi connectivity index (χ0) is 17.9. The van der Waals surface area contributed by atoms with E-state index in [1.54, 1.807) is 24.3 Å². The predicted octanol–water partition coefficient (Wildman–Crippen LogP) is 2.67. The van der Waals surface area contributed by atoms with Crippen molar-refractivity contribution in [2.45, 2.75) is 19.9 Å². The molecule has 0 fully saturated rings. The van der Waals surface area contributed by atoms with Crippen LogP contribution in [0.2, 0.25) is 0 Å². The molecule has 2 aromatic heterocycles. The highest BCUT2D eigenvalue weighted by Crippen LogP contribution is 2.20. The monoisotopic (exact) mass is 347 g/mol. The third kappa shape index (κ3) is 2.92. The molecule has 1 amide bonds. The SMILES string of the molecule is CCCn1c(NC(=O)c2ccc(-n3cnnn3)cc2)nc2ccccc21. The third-order valence-electron chi connectivity index (χ3n) is 4.07. The molecule has 0 saturated carbocycles. The topological polar surface area (TPSA) is 90.5 Å². The van der Waals surface area contributed by atoms with E-state index in [9.17, 15) is 4.79 Å². The molecule has 4 rings (SSSR count). The number of nitrogens with one attached hydrogen (secondary N) is 1. The highest BCUT2D eigenvalue weighted by Gasteiger charge is 2.14. The maximum Gasteiger partial charge on any atom is 0.257 e. The molecule has 0 aliphatic rings. The minimum absolute atomic E-state index is 0.207. The van der Waals surface area contributed by atoms with Gasteiger partial charge in [0.1, 0.15) is 6.33 Å². The molecule has 8 nitrogen and oxygen atoms in total. The fraction of sp³-hybridized carbons (Fsp3) is 0.167. The summed E-state index contributed by atoms with van der Waals surface area (Å²) >= 11 is 0. The maximum absolute atomic E-state index is 12.6. The fourth-order valence-electron chi connectivity index (χ4n) is 2.84. The van der Waals surface area contributed by atoms with Crippen LogP contribution in [-0.4, -0.2) is 35.7 Å². The molecule has 0 saturated heterocycles. The van der Waals surface area contributed by atoms with Gasteiger partial charge < -0.3 is 4.57 Å². The second-order valence-electron chi connectivity index (χ2n) is 5.83. The van der Waals surface area contributed by atoms with Crippen molar-refractivity contribution in [3.8, 4) is 5.69 Å². The zero-order valence-corrected chi connectivity index (χ0v) is 14.2. The molecule has 0 unspecified atom stereocenters. The van der Waals surface area contributed by atoms with Crippen LogP contribution < -0.4 is 5.32 Å². The van der Waals surface area contributed by atoms with E-state index < -0.39 is 0 Å². The normalized spacial score (nSPS) is 11.0. The van der Waals surface area contributed by atoms with E-state index >= 15 is 0 Å². The Kier molecular flexibility index (Phi) is 4.14. The van der Waals surface area contributed by atoms with E-state index in [1.807, 2.05) is 28.8 Å². The molecule has 8 heteroatoms. The standard InChI is InChI=1S/C18H17N7O/c1-2-11-24-16-6-4-3-5-15(16)20-18(24)21-17(26)13-7-9-14(10-8-13)25-12-19-22-23-25/h3-10,12H,2,11H2,1H3,(H,20,21,26). The Morgan fingerprint density at radius 1 is 1.12 bits per heavy atom. The van der Waals surface area contributed by atoms with Gasteiger partial charge in [-0.15, -0.1) is 5.10 Å². The van der Waals surface area contributed by atoms with Crippen LogP contribution in [0.4, 0.5) is 5.95 Å². The van der Waals surface area contributed by atoms with Gasteiger partial charge in [-0.25, -0.2) is 9.67 Å². The van der Waals surface area contributed by atoms with Gasteiger partial charge in [0, 0.05) is 12.1 Å². The Morgan fingerprint density at radius 3 is 2.65 bits per heavy atom. The number of carbonyl (C=O) groups excluding carboxylic acids is 1. The molecular weight excluding hydrogens is 330 g/mol. The van der Waals surface area contributed by atoms with Gasteiger partial charge in [0.2, 0.25) is 5.95 Å². The largest absolute Gasteiger partial charge is 0.310 e. The Balaban J connectivity index is 1.60. The predicted molar refractivity (Wildman–Crippen MR) is 97.1 cm³/mol. The second-order valence-corrected chi connectivity index (χ2v) is 5.83. The molecule has 0 aliphatic heterocycles. The number of para-hydroxylation sites is 2. The second kappa shape index (κ2) is 6.75. The number of rotatable bonds is 5. The quantitative estimate of drug-likeness (QED) is 0.599. The number of anilines is 1. The van der Waals surface area contributed by atoms with Gasteiger partial charge >= 0.3 is 0 Å². The summed E-state index contributed by atoms with van der Waals surface area (Å²) in [4.78, 5) is 17.2. The number of hydrogen-bond acceptors (Lipinski definition) is 5. The number of aryl methyl sites for hydroxylation is 1. The van der Waals surface area contributed by atoms with Crippen molar-refractivity contribution in [2.24, 2.45) is 0 Å². The smallest absolute Gasteiger partial charge is 0.257 e. The molecule has 1 N–H and O–H groups in total. The molecule has 0 atom stereocenters. The molecule has 0 spiro atoms. The summed E-state index contributed by atoms with van der Waals surface area (Å²) in [5.74, 6) is 0.350. The van der Waals surface area contributed by atoms with E-state index in [4.69, 9.17) is 0 Å². The van der Waals surface area contributed by atoms with Gasteiger partial charge in [0.25, 0.3) is 5.91 Å². The van der Waals surface area contributed by atoms with Gasteiger partial charge in [-0.05, 0) is 53.2 Å². The van der Waals surface area contributed by atoms with Crippen LogP contribution in [0.3, 0.4) is 0 Å². The van der Waals surface area contributed by atoms with E-state index in [2.05, 4.69) is 32.7 Å². The van der Waals surface area contributed by atoms with Gasteiger partial charge in [-0.1, -0.05) is 19.1 Å². The zero-order valence-electron chi connectivity index (χ0n) is 14.2. The van der Waals surface area contributed by atoms with Gasteiger partial charge in [-0.3, -0.25) is 10.1 Å². The minimum atomic E-state index is -0.207. The number of amides is 1. The number of tetrazole rings is 1. The minimum Gasteiger partial charge on any atom is -0.310 e. The number of benzene rings is 2. The Morgan fingerprint density at radius 2 is 1.92 bits per heavy atom. The van der Waals surface area contributed by atoms with E-state index in [-0.39, 0.29) is 5.91 Å². The molecule has 4 aromatic rings. The summed E-state index contributed by atoms with van der Waals surface area (Å²) in [5, 5.41) is 14.0. The average molecular weight is 347 g/mol. The highest BCUT2D eigenvalue weighted by molar-refractivity contribution is 6.04. The summed E-state index contributed by atoms with van der Waals surface area (Å²) in [6, 6.07) is 14.9. The molecule has 26 heavy (non-hydrogen) atoms. The summed E-state index contributed by atoms with van der Waals surface area (Å²) in [6.45, 7) is 2.88. The lowest BCUT2D eigenvalue weighted by molar-refractivity contribution is 0.102. The van der Waals surface area contributed by atoms with Crippen molar-refractivity contribution in [1.29, 1.82) is 0 Å². The number of aromatic nitrogens is 6. The fourth-order valence-corrected chi connectivity index (χ4v) is 2.84. The first-order valence-corrected chi connectivity index (χ1v) is 8.36. The lowest BCUT2D eigenvalue weighted by Crippen LogP contribution is -2.16. The molecule has 2 aromatic carbocycles. The first-order chi connectivity index (χ1) is 12.8. The molecule has 130 valence electrons. The summed E-state index contributed by atoms with van der Waals surface area (Å²) in [5.41, 5.74) is 3.20. The molecule has 0 aliphatic carbocycles. The molecule has 2 heterocycles. The van der Waals surface area contributed by atoms with Gasteiger partial charge in [0.05, 0.1) is 16.7 Å². The van der Waals surface area contributed by atoms with Crippen molar-refractivity contribution in [3.05, 3.63) is 60.4 Å². The molecule has 0 radical (unpaired) electrons. The van der Waals surface area contributed by atoms with Crippen LogP contribution in [-0.2, 0) is 6.54 Å². The number of imidazole rings is 1. The lowest BCUT2D eigenvalue weighted by atomic mass is 10.2. The number of carbonyl (C=O) groups is 1. The van der Waals surface area contributed by atoms with Crippen LogP contribution in [0.1, 0.15) is 23.7 Å². The maximum atomic E-state index is 12.6. The van der Waals surface area contributed by atoms with Crippen LogP contribution in [0.25, 0.3) is 16.7 Å². The van der Waals surface area contributed by atoms with Crippen molar-refractivity contribution in [2.75, 3.05) is 5.32 Å². The van der Waals surface area contributed by atoms with E-state index in [0.29, 0.717) is 11.5 Å². The molecular formula is C18H17N7O. The lowest BCUT2D eigenvalue weighted by Gasteiger charge is -2.09. The Labute approximate surface area is 149 Å². The average Bonchev–Trinajstić information content (AvgIpc) is 3.31. The first kappa shape index (κ1) is 15.9. The van der Waals surface area contributed by atoms with Gasteiger partial charge in [0.15, 0.2) is 0 Å². The van der Waals surface area contributed by atoms with E-state index in [1.165, 1.54) is 11.0 Å². The van der Waals surface area contributed by atoms with Crippen LogP contribution in [0.15, 0.2) is 54.9 Å². The number of fused-ring (bicyclic) bond motifs is 1. The number of nitrogens with zero attached hydrogens (tertiary/aromatic N) is 6. The van der Waals surface area contributed by atoms with Crippen molar-refractivity contribution >= 4 is 22.9 Å². The number of hydrogen-bond donors (Lipinski definition) is 1. The summed E-state index contributed by atoms with van der Waals surface area (Å²) in [7, 11) is 0. The van der Waals surface area contributed by atoms with Gasteiger partial charge in [-0.2, -0.15) is 0 Å². The van der Waals surface area contributed by atoms with Crippen LogP contribution in [0.5, 0.6) is 0 Å². The van der Waals surface area contributed by atoms with Crippen molar-refractivity contribution in [3.63, 3.8) is 0 Å². The van der Waals surface area contributed by atoms with Crippen LogP contribution in [0, 0.1) is 0 Å². The van der Waals surface area contributed by atoms with Crippen molar-refractivity contribution < 1.29 is 4.79 Å². The summed E-state index contributed by atoms with van der Waals surface area (Å²) in [6.07, 6.45) is 2.45. The third-order valence-corrected chi connectivity index (χ3v) is 4.07. The van der Waals surface area contributed by atoms with Crippen LogP contribution >= 0.6 is 0 Å². The van der Waals surface area contributed by atoms with E-state index in [0.717, 1.165) is 29.7 Å².